The number of benzene rings is 2. The molecule has 0 spiro atoms. The van der Waals surface area contributed by atoms with Crippen LogP contribution in [0.4, 0.5) is 11.4 Å². The number of hydrogen-bond acceptors (Lipinski definition) is 3. The Morgan fingerprint density at radius 3 is 2.48 bits per heavy atom. The zero-order valence-corrected chi connectivity index (χ0v) is 14.5. The SMILES string of the molecule is COc1cc(Cl)c(C)cc1NC(=O)CNc1ccc(C)cc1C. The van der Waals surface area contributed by atoms with Gasteiger partial charge in [-0.15, -0.1) is 0 Å². The Morgan fingerprint density at radius 1 is 1.09 bits per heavy atom. The lowest BCUT2D eigenvalue weighted by molar-refractivity contribution is -0.114. The summed E-state index contributed by atoms with van der Waals surface area (Å²) in [5, 5.41) is 6.60. The molecule has 4 nitrogen and oxygen atoms in total. The van der Waals surface area contributed by atoms with Gasteiger partial charge in [-0.05, 0) is 44.0 Å². The number of ether oxygens (including phenoxy) is 1. The number of anilines is 2. The highest BCUT2D eigenvalue weighted by Gasteiger charge is 2.10. The Balaban J connectivity index is 2.04. The number of carbonyl (C=O) groups is 1. The topological polar surface area (TPSA) is 50.4 Å². The molecule has 2 aromatic carbocycles. The fourth-order valence-corrected chi connectivity index (χ4v) is 2.47. The van der Waals surface area contributed by atoms with Crippen molar-refractivity contribution in [3.63, 3.8) is 0 Å². The first-order chi connectivity index (χ1) is 10.9. The molecule has 0 aliphatic carbocycles. The van der Waals surface area contributed by atoms with Crippen LogP contribution in [0.5, 0.6) is 5.75 Å². The van der Waals surface area contributed by atoms with Crippen molar-refractivity contribution < 1.29 is 9.53 Å². The van der Waals surface area contributed by atoms with Gasteiger partial charge in [0.2, 0.25) is 5.91 Å². The standard InChI is InChI=1S/C18H21ClN2O2/c1-11-5-6-15(13(3)7-11)20-10-18(22)21-16-8-12(2)14(19)9-17(16)23-4/h5-9,20H,10H2,1-4H3,(H,21,22). The fourth-order valence-electron chi connectivity index (χ4n) is 2.31. The maximum absolute atomic E-state index is 12.2. The molecule has 0 heterocycles. The lowest BCUT2D eigenvalue weighted by Crippen LogP contribution is -2.22. The van der Waals surface area contributed by atoms with Gasteiger partial charge in [0.05, 0.1) is 19.3 Å². The minimum atomic E-state index is -0.148. The van der Waals surface area contributed by atoms with Crippen LogP contribution in [-0.2, 0) is 4.79 Å². The number of hydrogen-bond donors (Lipinski definition) is 2. The van der Waals surface area contributed by atoms with Crippen LogP contribution in [0.15, 0.2) is 30.3 Å². The molecule has 0 radical (unpaired) electrons. The molecular weight excluding hydrogens is 312 g/mol. The maximum Gasteiger partial charge on any atom is 0.243 e. The van der Waals surface area contributed by atoms with Gasteiger partial charge in [0.15, 0.2) is 0 Å². The van der Waals surface area contributed by atoms with Gasteiger partial charge < -0.3 is 15.4 Å². The summed E-state index contributed by atoms with van der Waals surface area (Å²) in [5.74, 6) is 0.394. The van der Waals surface area contributed by atoms with Gasteiger partial charge in [-0.1, -0.05) is 29.3 Å². The van der Waals surface area contributed by atoms with Gasteiger partial charge in [0.1, 0.15) is 5.75 Å². The summed E-state index contributed by atoms with van der Waals surface area (Å²) in [6.45, 7) is 6.11. The van der Waals surface area contributed by atoms with Crippen LogP contribution in [-0.4, -0.2) is 19.6 Å². The van der Waals surface area contributed by atoms with E-state index in [2.05, 4.69) is 16.7 Å². The molecule has 0 saturated heterocycles. The van der Waals surface area contributed by atoms with E-state index in [0.29, 0.717) is 16.5 Å². The fraction of sp³-hybridized carbons (Fsp3) is 0.278. The Morgan fingerprint density at radius 2 is 1.83 bits per heavy atom. The van der Waals surface area contributed by atoms with E-state index in [0.717, 1.165) is 16.8 Å². The van der Waals surface area contributed by atoms with Crippen LogP contribution < -0.4 is 15.4 Å². The third-order valence-electron chi connectivity index (χ3n) is 3.58. The van der Waals surface area contributed by atoms with Crippen LogP contribution in [0, 0.1) is 20.8 Å². The molecule has 2 rings (SSSR count). The molecule has 0 saturated carbocycles. The summed E-state index contributed by atoms with van der Waals surface area (Å²) >= 11 is 6.07. The Bertz CT molecular complexity index is 729. The zero-order chi connectivity index (χ0) is 17.0. The molecule has 0 fully saturated rings. The van der Waals surface area contributed by atoms with Crippen LogP contribution in [0.1, 0.15) is 16.7 Å². The summed E-state index contributed by atoms with van der Waals surface area (Å²) in [5.41, 5.74) is 4.74. The molecule has 1 amide bonds. The molecule has 23 heavy (non-hydrogen) atoms. The normalized spacial score (nSPS) is 10.3. The second-order valence-electron chi connectivity index (χ2n) is 5.52. The van der Waals surface area contributed by atoms with E-state index >= 15 is 0 Å². The molecule has 0 aliphatic heterocycles. The number of halogens is 1. The largest absolute Gasteiger partial charge is 0.495 e. The maximum atomic E-state index is 12.2. The summed E-state index contributed by atoms with van der Waals surface area (Å²) < 4.78 is 5.26. The van der Waals surface area contributed by atoms with E-state index in [1.54, 1.807) is 19.2 Å². The molecule has 122 valence electrons. The van der Waals surface area contributed by atoms with Crippen molar-refractivity contribution in [2.45, 2.75) is 20.8 Å². The van der Waals surface area contributed by atoms with E-state index in [1.807, 2.05) is 32.9 Å². The van der Waals surface area contributed by atoms with E-state index < -0.39 is 0 Å². The minimum absolute atomic E-state index is 0.148. The summed E-state index contributed by atoms with van der Waals surface area (Å²) in [4.78, 5) is 12.2. The highest BCUT2D eigenvalue weighted by Crippen LogP contribution is 2.30. The first-order valence-electron chi connectivity index (χ1n) is 7.36. The molecule has 0 atom stereocenters. The smallest absolute Gasteiger partial charge is 0.243 e. The first kappa shape index (κ1) is 17.2. The van der Waals surface area contributed by atoms with Gasteiger partial charge in [0, 0.05) is 16.8 Å². The van der Waals surface area contributed by atoms with Crippen molar-refractivity contribution in [3.05, 3.63) is 52.0 Å². The summed E-state index contributed by atoms with van der Waals surface area (Å²) in [6, 6.07) is 9.57. The Kier molecular flexibility index (Phi) is 5.50. The lowest BCUT2D eigenvalue weighted by Gasteiger charge is -2.14. The Hall–Kier alpha value is -2.20. The molecule has 2 aromatic rings. The zero-order valence-electron chi connectivity index (χ0n) is 13.8. The predicted octanol–water partition coefficient (Wildman–Crippen LogP) is 4.32. The van der Waals surface area contributed by atoms with Crippen molar-refractivity contribution in [2.75, 3.05) is 24.3 Å². The van der Waals surface area contributed by atoms with E-state index in [4.69, 9.17) is 16.3 Å². The second-order valence-corrected chi connectivity index (χ2v) is 5.93. The van der Waals surface area contributed by atoms with Gasteiger partial charge in [-0.25, -0.2) is 0 Å². The van der Waals surface area contributed by atoms with Gasteiger partial charge in [-0.2, -0.15) is 0 Å². The average molecular weight is 333 g/mol. The van der Waals surface area contributed by atoms with E-state index in [9.17, 15) is 4.79 Å². The number of aryl methyl sites for hydroxylation is 3. The molecule has 0 unspecified atom stereocenters. The lowest BCUT2D eigenvalue weighted by atomic mass is 10.1. The van der Waals surface area contributed by atoms with Crippen molar-refractivity contribution >= 4 is 28.9 Å². The Labute approximate surface area is 141 Å². The average Bonchev–Trinajstić information content (AvgIpc) is 2.49. The predicted molar refractivity (Wildman–Crippen MR) is 95.8 cm³/mol. The van der Waals surface area contributed by atoms with Crippen molar-refractivity contribution in [2.24, 2.45) is 0 Å². The monoisotopic (exact) mass is 332 g/mol. The quantitative estimate of drug-likeness (QED) is 0.857. The van der Waals surface area contributed by atoms with Gasteiger partial charge in [0.25, 0.3) is 0 Å². The van der Waals surface area contributed by atoms with Crippen molar-refractivity contribution in [3.8, 4) is 5.75 Å². The first-order valence-corrected chi connectivity index (χ1v) is 7.73. The van der Waals surface area contributed by atoms with Crippen molar-refractivity contribution in [1.29, 1.82) is 0 Å². The minimum Gasteiger partial charge on any atom is -0.495 e. The third kappa shape index (κ3) is 4.39. The number of carbonyl (C=O) groups excluding carboxylic acids is 1. The molecule has 0 aliphatic rings. The number of amides is 1. The van der Waals surface area contributed by atoms with E-state index in [1.165, 1.54) is 5.56 Å². The molecule has 0 aromatic heterocycles. The van der Waals surface area contributed by atoms with Crippen LogP contribution in [0.3, 0.4) is 0 Å². The summed E-state index contributed by atoms with van der Waals surface area (Å²) in [7, 11) is 1.55. The van der Waals surface area contributed by atoms with Crippen molar-refractivity contribution in [1.82, 2.24) is 0 Å². The number of nitrogens with one attached hydrogen (secondary N) is 2. The van der Waals surface area contributed by atoms with Crippen LogP contribution >= 0.6 is 11.6 Å². The summed E-state index contributed by atoms with van der Waals surface area (Å²) in [6.07, 6.45) is 0. The highest BCUT2D eigenvalue weighted by molar-refractivity contribution is 6.31. The number of rotatable bonds is 5. The molecular formula is C18H21ClN2O2. The third-order valence-corrected chi connectivity index (χ3v) is 3.98. The van der Waals surface area contributed by atoms with Crippen LogP contribution in [0.2, 0.25) is 5.02 Å². The second kappa shape index (κ2) is 7.38. The van der Waals surface area contributed by atoms with E-state index in [-0.39, 0.29) is 12.5 Å². The van der Waals surface area contributed by atoms with Gasteiger partial charge >= 0.3 is 0 Å². The highest BCUT2D eigenvalue weighted by atomic mass is 35.5. The van der Waals surface area contributed by atoms with Gasteiger partial charge in [-0.3, -0.25) is 4.79 Å². The number of methoxy groups -OCH3 is 1. The molecule has 5 heteroatoms. The molecule has 2 N–H and O–H groups in total. The molecule has 0 bridgehead atoms. The van der Waals surface area contributed by atoms with Crippen LogP contribution in [0.25, 0.3) is 0 Å².